The molecule has 0 saturated carbocycles. The molecular formula is C7H8N3S+. The minimum absolute atomic E-state index is 0.703. The van der Waals surface area contributed by atoms with Crippen LogP contribution in [-0.2, 0) is 0 Å². The lowest BCUT2D eigenvalue weighted by atomic mass is 10.4. The van der Waals surface area contributed by atoms with E-state index in [4.69, 9.17) is 5.73 Å². The Hall–Kier alpha value is -1.16. The lowest BCUT2D eigenvalue weighted by Gasteiger charge is -1.87. The number of rotatable bonds is 0. The number of nitrogens with zero attached hydrogens (tertiary/aromatic N) is 2. The average Bonchev–Trinajstić information content (AvgIpc) is 2.33. The van der Waals surface area contributed by atoms with Gasteiger partial charge in [0.05, 0.1) is 11.1 Å². The third kappa shape index (κ3) is 0.952. The van der Waals surface area contributed by atoms with E-state index < -0.39 is 0 Å². The van der Waals surface area contributed by atoms with Crippen LogP contribution in [0.1, 0.15) is 5.69 Å². The first-order valence-electron chi connectivity index (χ1n) is 3.30. The fourth-order valence-corrected chi connectivity index (χ4v) is 1.68. The first-order valence-corrected chi connectivity index (χ1v) is 4.18. The second-order valence-electron chi connectivity index (χ2n) is 2.39. The summed E-state index contributed by atoms with van der Waals surface area (Å²) in [5, 5.41) is 6.13. The molecule has 2 aromatic heterocycles. The predicted octanol–water partition coefficient (Wildman–Crippen LogP) is 0.772. The van der Waals surface area contributed by atoms with Gasteiger partial charge in [0.1, 0.15) is 0 Å². The molecule has 0 radical (unpaired) electrons. The maximum Gasteiger partial charge on any atom is 0.309 e. The van der Waals surface area contributed by atoms with Gasteiger partial charge in [0.25, 0.3) is 0 Å². The molecule has 2 heterocycles. The summed E-state index contributed by atoms with van der Waals surface area (Å²) >= 11 is 1.60. The molecule has 3 nitrogen and oxygen atoms in total. The molecule has 0 atom stereocenters. The third-order valence-corrected chi connectivity index (χ3v) is 2.39. The van der Waals surface area contributed by atoms with Crippen molar-refractivity contribution in [3.63, 3.8) is 0 Å². The van der Waals surface area contributed by atoms with Crippen LogP contribution in [-0.4, -0.2) is 5.10 Å². The first kappa shape index (κ1) is 6.54. The van der Waals surface area contributed by atoms with E-state index in [2.05, 4.69) is 5.10 Å². The number of anilines is 1. The molecule has 0 saturated heterocycles. The Morgan fingerprint density at radius 1 is 1.55 bits per heavy atom. The van der Waals surface area contributed by atoms with Gasteiger partial charge in [-0.2, -0.15) is 0 Å². The first-order chi connectivity index (χ1) is 5.27. The van der Waals surface area contributed by atoms with E-state index in [0.29, 0.717) is 5.82 Å². The number of fused-ring (bicyclic) bond motifs is 1. The summed E-state index contributed by atoms with van der Waals surface area (Å²) in [5.74, 6) is 0.703. The van der Waals surface area contributed by atoms with Crippen LogP contribution in [0.2, 0.25) is 0 Å². The highest BCUT2D eigenvalue weighted by Crippen LogP contribution is 2.08. The molecule has 0 aromatic carbocycles. The van der Waals surface area contributed by atoms with Gasteiger partial charge in [-0.05, 0) is 13.0 Å². The minimum Gasteiger partial charge on any atom is -0.284 e. The third-order valence-electron chi connectivity index (χ3n) is 1.48. The second kappa shape index (κ2) is 2.17. The monoisotopic (exact) mass is 166 g/mol. The zero-order chi connectivity index (χ0) is 7.84. The van der Waals surface area contributed by atoms with Gasteiger partial charge in [0, 0.05) is 6.07 Å². The Balaban J connectivity index is 2.87. The van der Waals surface area contributed by atoms with Crippen LogP contribution in [0.4, 0.5) is 5.82 Å². The summed E-state index contributed by atoms with van der Waals surface area (Å²) in [4.78, 5) is 1.08. The number of nitrogen functional groups attached to an aromatic ring is 1. The summed E-state index contributed by atoms with van der Waals surface area (Å²) in [6.45, 7) is 1.95. The van der Waals surface area contributed by atoms with Crippen LogP contribution in [0.15, 0.2) is 17.5 Å². The van der Waals surface area contributed by atoms with Gasteiger partial charge in [0.15, 0.2) is 0 Å². The van der Waals surface area contributed by atoms with Crippen LogP contribution in [0.5, 0.6) is 0 Å². The molecule has 56 valence electrons. The molecular weight excluding hydrogens is 158 g/mol. The van der Waals surface area contributed by atoms with Gasteiger partial charge in [-0.15, -0.1) is 0 Å². The summed E-state index contributed by atoms with van der Waals surface area (Å²) in [6.07, 6.45) is 0. The zero-order valence-electron chi connectivity index (χ0n) is 6.11. The van der Waals surface area contributed by atoms with E-state index in [0.717, 1.165) is 10.5 Å². The lowest BCUT2D eigenvalue weighted by Crippen LogP contribution is -2.28. The van der Waals surface area contributed by atoms with Gasteiger partial charge in [-0.1, -0.05) is 21.0 Å². The van der Waals surface area contributed by atoms with Crippen molar-refractivity contribution in [2.24, 2.45) is 0 Å². The van der Waals surface area contributed by atoms with Crippen molar-refractivity contribution in [3.05, 3.63) is 23.2 Å². The second-order valence-corrected chi connectivity index (χ2v) is 3.28. The molecule has 0 unspecified atom stereocenters. The van der Waals surface area contributed by atoms with Crippen LogP contribution >= 0.6 is 11.3 Å². The van der Waals surface area contributed by atoms with E-state index >= 15 is 0 Å². The van der Waals surface area contributed by atoms with Crippen molar-refractivity contribution in [1.29, 1.82) is 0 Å². The van der Waals surface area contributed by atoms with Crippen LogP contribution in [0.3, 0.4) is 0 Å². The fourth-order valence-electron chi connectivity index (χ4n) is 0.948. The van der Waals surface area contributed by atoms with Crippen molar-refractivity contribution >= 4 is 22.0 Å². The molecule has 0 aliphatic rings. The Morgan fingerprint density at radius 2 is 2.36 bits per heavy atom. The Kier molecular flexibility index (Phi) is 1.29. The van der Waals surface area contributed by atoms with Crippen molar-refractivity contribution in [2.75, 3.05) is 5.73 Å². The standard InChI is InChI=1S/C7H8N3S/c1-5-2-3-7-10(9-5)6(8)4-11-7/h2-4H,8H2,1H3/q+1. The quantitative estimate of drug-likeness (QED) is 0.587. The summed E-state index contributed by atoms with van der Waals surface area (Å²) in [5.41, 5.74) is 6.64. The highest BCUT2D eigenvalue weighted by atomic mass is 32.1. The van der Waals surface area contributed by atoms with Gasteiger partial charge >= 0.3 is 5.82 Å². The normalized spacial score (nSPS) is 10.6. The van der Waals surface area contributed by atoms with Gasteiger partial charge < -0.3 is 0 Å². The molecule has 4 heteroatoms. The van der Waals surface area contributed by atoms with E-state index in [9.17, 15) is 0 Å². The molecule has 11 heavy (non-hydrogen) atoms. The Labute approximate surface area is 68.1 Å². The van der Waals surface area contributed by atoms with Crippen LogP contribution < -0.4 is 10.2 Å². The molecule has 0 fully saturated rings. The highest BCUT2D eigenvalue weighted by Gasteiger charge is 2.06. The maximum absolute atomic E-state index is 5.66. The predicted molar refractivity (Wildman–Crippen MR) is 44.4 cm³/mol. The van der Waals surface area contributed by atoms with Crippen molar-refractivity contribution < 1.29 is 4.52 Å². The van der Waals surface area contributed by atoms with Crippen LogP contribution in [0.25, 0.3) is 4.83 Å². The minimum atomic E-state index is 0.703. The van der Waals surface area contributed by atoms with Crippen molar-refractivity contribution in [3.8, 4) is 0 Å². The zero-order valence-corrected chi connectivity index (χ0v) is 6.93. The van der Waals surface area contributed by atoms with E-state index in [-0.39, 0.29) is 0 Å². The van der Waals surface area contributed by atoms with Crippen molar-refractivity contribution in [1.82, 2.24) is 5.10 Å². The summed E-state index contributed by atoms with van der Waals surface area (Å²) < 4.78 is 1.75. The number of aryl methyl sites for hydroxylation is 1. The average molecular weight is 166 g/mol. The van der Waals surface area contributed by atoms with E-state index in [1.54, 1.807) is 15.9 Å². The molecule has 0 aliphatic carbocycles. The van der Waals surface area contributed by atoms with Crippen LogP contribution in [0, 0.1) is 6.92 Å². The molecule has 0 spiro atoms. The maximum atomic E-state index is 5.66. The Bertz CT molecular complexity index is 393. The van der Waals surface area contributed by atoms with Gasteiger partial charge in [-0.3, -0.25) is 5.73 Å². The lowest BCUT2D eigenvalue weighted by molar-refractivity contribution is -0.562. The topological polar surface area (TPSA) is 43.0 Å². The Morgan fingerprint density at radius 3 is 3.18 bits per heavy atom. The number of hydrogen-bond acceptors (Lipinski definition) is 3. The summed E-state index contributed by atoms with van der Waals surface area (Å²) in [7, 11) is 0. The highest BCUT2D eigenvalue weighted by molar-refractivity contribution is 7.15. The molecule has 0 bridgehead atoms. The summed E-state index contributed by atoms with van der Waals surface area (Å²) in [6, 6.07) is 3.99. The fraction of sp³-hybridized carbons (Fsp3) is 0.143. The van der Waals surface area contributed by atoms with Crippen molar-refractivity contribution in [2.45, 2.75) is 6.92 Å². The molecule has 2 N–H and O–H groups in total. The molecule has 0 aliphatic heterocycles. The smallest absolute Gasteiger partial charge is 0.284 e. The van der Waals surface area contributed by atoms with Gasteiger partial charge in [-0.25, -0.2) is 0 Å². The molecule has 2 rings (SSSR count). The number of nitrogens with two attached hydrogens (primary N) is 1. The molecule has 2 aromatic rings. The SMILES string of the molecule is Cc1ccc2scc(N)[n+]2n1. The molecule has 0 amide bonds. The number of aromatic nitrogens is 2. The van der Waals surface area contributed by atoms with E-state index in [1.165, 1.54) is 0 Å². The number of hydrogen-bond donors (Lipinski definition) is 1. The van der Waals surface area contributed by atoms with E-state index in [1.807, 2.05) is 24.4 Å². The largest absolute Gasteiger partial charge is 0.309 e. The van der Waals surface area contributed by atoms with Gasteiger partial charge in [0.2, 0.25) is 4.83 Å². The number of thiazole rings is 1.